The second-order valence-corrected chi connectivity index (χ2v) is 3.55. The molecule has 0 aromatic heterocycles. The summed E-state index contributed by atoms with van der Waals surface area (Å²) < 4.78 is 0. The van der Waals surface area contributed by atoms with E-state index in [9.17, 15) is 0 Å². The average Bonchev–Trinajstić information content (AvgIpc) is 1.98. The fraction of sp³-hybridized carbons (Fsp3) is 0.417. The minimum atomic E-state index is 0.959. The van der Waals surface area contributed by atoms with E-state index < -0.39 is 0 Å². The van der Waals surface area contributed by atoms with Gasteiger partial charge in [-0.15, -0.1) is 0 Å². The topological polar surface area (TPSA) is 12.4 Å². The van der Waals surface area contributed by atoms with Crippen LogP contribution in [0.3, 0.4) is 0 Å². The third kappa shape index (κ3) is 5.18. The molecular weight excluding hydrogens is 158 g/mol. The summed E-state index contributed by atoms with van der Waals surface area (Å²) in [5.41, 5.74) is 4.45. The molecule has 0 heterocycles. The summed E-state index contributed by atoms with van der Waals surface area (Å²) in [6, 6.07) is 0. The number of aliphatic imine (C=N–C) groups is 1. The van der Waals surface area contributed by atoms with Crippen LogP contribution in [0.25, 0.3) is 0 Å². The molecular formula is C12H19N. The molecule has 0 radical (unpaired) electrons. The van der Waals surface area contributed by atoms with Crippen LogP contribution in [0.2, 0.25) is 0 Å². The molecule has 0 aromatic rings. The number of nitrogens with zero attached hydrogens (tertiary/aromatic N) is 1. The zero-order chi connectivity index (χ0) is 10.4. The Morgan fingerprint density at radius 2 is 1.62 bits per heavy atom. The Kier molecular flexibility index (Phi) is 5.05. The van der Waals surface area contributed by atoms with Gasteiger partial charge in [-0.25, -0.2) is 0 Å². The standard InChI is InChI=1S/C12H19N/c1-7-12(13-10(4)5)11(6)8-9(2)3/h7-8H,1H2,2-6H3/b12-11+. The first-order valence-corrected chi connectivity index (χ1v) is 4.47. The molecule has 1 heteroatoms. The highest BCUT2D eigenvalue weighted by atomic mass is 14.7. The number of rotatable bonds is 3. The van der Waals surface area contributed by atoms with E-state index >= 15 is 0 Å². The van der Waals surface area contributed by atoms with Crippen molar-refractivity contribution in [2.24, 2.45) is 4.99 Å². The smallest absolute Gasteiger partial charge is 0.0651 e. The fourth-order valence-electron chi connectivity index (χ4n) is 1.04. The van der Waals surface area contributed by atoms with Crippen LogP contribution in [-0.2, 0) is 0 Å². The van der Waals surface area contributed by atoms with E-state index in [1.807, 2.05) is 13.8 Å². The van der Waals surface area contributed by atoms with Crippen LogP contribution in [0.5, 0.6) is 0 Å². The molecule has 0 amide bonds. The van der Waals surface area contributed by atoms with Gasteiger partial charge in [-0.1, -0.05) is 18.2 Å². The van der Waals surface area contributed by atoms with Crippen molar-refractivity contribution in [2.75, 3.05) is 0 Å². The molecule has 0 N–H and O–H groups in total. The summed E-state index contributed by atoms with van der Waals surface area (Å²) in [5, 5.41) is 0. The maximum absolute atomic E-state index is 4.38. The van der Waals surface area contributed by atoms with Crippen molar-refractivity contribution >= 4 is 5.71 Å². The molecule has 0 rings (SSSR count). The second-order valence-electron chi connectivity index (χ2n) is 3.55. The Balaban J connectivity index is 5.03. The lowest BCUT2D eigenvalue weighted by Crippen LogP contribution is -1.85. The van der Waals surface area contributed by atoms with E-state index in [1.165, 1.54) is 5.57 Å². The average molecular weight is 177 g/mol. The quantitative estimate of drug-likeness (QED) is 0.458. The van der Waals surface area contributed by atoms with E-state index in [0.29, 0.717) is 0 Å². The highest BCUT2D eigenvalue weighted by molar-refractivity contribution is 5.80. The zero-order valence-electron chi connectivity index (χ0n) is 9.31. The van der Waals surface area contributed by atoms with Crippen molar-refractivity contribution < 1.29 is 0 Å². The minimum Gasteiger partial charge on any atom is -0.258 e. The van der Waals surface area contributed by atoms with E-state index in [0.717, 1.165) is 17.0 Å². The summed E-state index contributed by atoms with van der Waals surface area (Å²) in [4.78, 5) is 4.38. The Morgan fingerprint density at radius 1 is 1.08 bits per heavy atom. The Morgan fingerprint density at radius 3 is 1.92 bits per heavy atom. The van der Waals surface area contributed by atoms with Gasteiger partial charge >= 0.3 is 0 Å². The molecule has 0 bridgehead atoms. The molecule has 0 aliphatic heterocycles. The van der Waals surface area contributed by atoms with Gasteiger partial charge < -0.3 is 0 Å². The Labute approximate surface area is 81.6 Å². The zero-order valence-corrected chi connectivity index (χ0v) is 9.31. The molecule has 0 fully saturated rings. The van der Waals surface area contributed by atoms with Crippen molar-refractivity contribution in [3.63, 3.8) is 0 Å². The molecule has 0 atom stereocenters. The molecule has 72 valence electrons. The molecule has 0 aliphatic carbocycles. The van der Waals surface area contributed by atoms with Crippen LogP contribution in [0, 0.1) is 0 Å². The van der Waals surface area contributed by atoms with Crippen LogP contribution in [0.15, 0.2) is 40.6 Å². The van der Waals surface area contributed by atoms with E-state index in [-0.39, 0.29) is 0 Å². The van der Waals surface area contributed by atoms with Crippen LogP contribution in [0.4, 0.5) is 0 Å². The Hall–Kier alpha value is -1.11. The van der Waals surface area contributed by atoms with Crippen molar-refractivity contribution in [2.45, 2.75) is 34.6 Å². The molecule has 1 nitrogen and oxygen atoms in total. The van der Waals surface area contributed by atoms with Gasteiger partial charge in [-0.3, -0.25) is 4.99 Å². The lowest BCUT2D eigenvalue weighted by Gasteiger charge is -2.00. The number of hydrogen-bond donors (Lipinski definition) is 0. The van der Waals surface area contributed by atoms with Gasteiger partial charge in [-0.05, 0) is 46.3 Å². The monoisotopic (exact) mass is 177 g/mol. The van der Waals surface area contributed by atoms with Gasteiger partial charge in [0.1, 0.15) is 0 Å². The van der Waals surface area contributed by atoms with Crippen molar-refractivity contribution in [1.82, 2.24) is 0 Å². The van der Waals surface area contributed by atoms with Gasteiger partial charge in [0.25, 0.3) is 0 Å². The first-order chi connectivity index (χ1) is 5.97. The minimum absolute atomic E-state index is 0.959. The Bertz CT molecular complexity index is 269. The normalized spacial score (nSPS) is 11.5. The summed E-state index contributed by atoms with van der Waals surface area (Å²) >= 11 is 0. The van der Waals surface area contributed by atoms with Gasteiger partial charge in [0.2, 0.25) is 0 Å². The lowest BCUT2D eigenvalue weighted by atomic mass is 10.1. The van der Waals surface area contributed by atoms with E-state index in [1.54, 1.807) is 6.08 Å². The summed E-state index contributed by atoms with van der Waals surface area (Å²) in [6.45, 7) is 13.9. The molecule has 13 heavy (non-hydrogen) atoms. The molecule has 0 saturated heterocycles. The van der Waals surface area contributed by atoms with Gasteiger partial charge in [-0.2, -0.15) is 0 Å². The highest BCUT2D eigenvalue weighted by Gasteiger charge is 1.93. The maximum Gasteiger partial charge on any atom is 0.0651 e. The van der Waals surface area contributed by atoms with E-state index in [4.69, 9.17) is 0 Å². The lowest BCUT2D eigenvalue weighted by molar-refractivity contribution is 1.27. The first kappa shape index (κ1) is 11.9. The molecule has 0 spiro atoms. The molecule has 0 aromatic carbocycles. The summed E-state index contributed by atoms with van der Waals surface area (Å²) in [5.74, 6) is 0. The van der Waals surface area contributed by atoms with Crippen LogP contribution in [-0.4, -0.2) is 5.71 Å². The number of hydrogen-bond acceptors (Lipinski definition) is 1. The third-order valence-electron chi connectivity index (χ3n) is 1.45. The van der Waals surface area contributed by atoms with Crippen LogP contribution in [0.1, 0.15) is 34.6 Å². The van der Waals surface area contributed by atoms with Gasteiger partial charge in [0, 0.05) is 5.71 Å². The van der Waals surface area contributed by atoms with E-state index in [2.05, 4.69) is 38.4 Å². The molecule has 0 unspecified atom stereocenters. The van der Waals surface area contributed by atoms with Crippen molar-refractivity contribution in [3.05, 3.63) is 35.6 Å². The molecule has 0 saturated carbocycles. The van der Waals surface area contributed by atoms with Crippen LogP contribution < -0.4 is 0 Å². The first-order valence-electron chi connectivity index (χ1n) is 4.47. The third-order valence-corrected chi connectivity index (χ3v) is 1.45. The number of allylic oxidation sites excluding steroid dienone is 4. The SMILES string of the molecule is C=C/C(N=C(C)C)=C(/C)C=C(C)C. The van der Waals surface area contributed by atoms with Crippen molar-refractivity contribution in [3.8, 4) is 0 Å². The fourth-order valence-corrected chi connectivity index (χ4v) is 1.04. The van der Waals surface area contributed by atoms with Gasteiger partial charge in [0.15, 0.2) is 0 Å². The predicted molar refractivity (Wildman–Crippen MR) is 61.1 cm³/mol. The predicted octanol–water partition coefficient (Wildman–Crippen LogP) is 3.89. The largest absolute Gasteiger partial charge is 0.258 e. The van der Waals surface area contributed by atoms with Crippen LogP contribution >= 0.6 is 0 Å². The summed E-state index contributed by atoms with van der Waals surface area (Å²) in [7, 11) is 0. The summed E-state index contributed by atoms with van der Waals surface area (Å²) in [6.07, 6.45) is 3.91. The van der Waals surface area contributed by atoms with Crippen molar-refractivity contribution in [1.29, 1.82) is 0 Å². The highest BCUT2D eigenvalue weighted by Crippen LogP contribution is 2.10. The molecule has 0 aliphatic rings. The van der Waals surface area contributed by atoms with Gasteiger partial charge in [0.05, 0.1) is 5.70 Å². The maximum atomic E-state index is 4.38. The second kappa shape index (κ2) is 5.52.